The lowest BCUT2D eigenvalue weighted by Gasteiger charge is -2.29. The summed E-state index contributed by atoms with van der Waals surface area (Å²) in [5.41, 5.74) is 1.22. The van der Waals surface area contributed by atoms with E-state index in [2.05, 4.69) is 22.2 Å². The van der Waals surface area contributed by atoms with Gasteiger partial charge >= 0.3 is 12.1 Å². The maximum Gasteiger partial charge on any atom is 0.405 e. The van der Waals surface area contributed by atoms with Gasteiger partial charge < -0.3 is 25.4 Å². The summed E-state index contributed by atoms with van der Waals surface area (Å²) in [7, 11) is 0. The van der Waals surface area contributed by atoms with E-state index in [-0.39, 0.29) is 18.7 Å². The molecule has 3 N–H and O–H groups in total. The van der Waals surface area contributed by atoms with Gasteiger partial charge in [-0.05, 0) is 42.3 Å². The number of nitrogens with zero attached hydrogens (tertiary/aromatic N) is 2. The number of carboxylic acids is 1. The average Bonchev–Trinajstić information content (AvgIpc) is 2.84. The Morgan fingerprint density at radius 1 is 1.34 bits per heavy atom. The van der Waals surface area contributed by atoms with Crippen LogP contribution >= 0.6 is 0 Å². The van der Waals surface area contributed by atoms with Gasteiger partial charge in [0.25, 0.3) is 0 Å². The van der Waals surface area contributed by atoms with E-state index in [1.54, 1.807) is 24.4 Å². The molecule has 0 fully saturated rings. The standard InChI is InChI=1S/C22H25F3N4O3/c1-15-19(12-21(30)31)28-18-7-6-17(11-16(18)13-29(15)14-22(23,24)25)32-10-4-9-27-20-5-2-3-8-26-20/h2-3,5-8,11,19,28H,1,4,9-10,12-14H2,(H,26,27)(H,30,31). The molecule has 0 bridgehead atoms. The van der Waals surface area contributed by atoms with Gasteiger partial charge in [-0.1, -0.05) is 12.6 Å². The maximum absolute atomic E-state index is 13.1. The average molecular weight is 450 g/mol. The molecular formula is C22H25F3N4O3. The summed E-state index contributed by atoms with van der Waals surface area (Å²) < 4.78 is 45.1. The number of aromatic nitrogens is 1. The second-order valence-corrected chi connectivity index (χ2v) is 7.42. The first-order valence-electron chi connectivity index (χ1n) is 10.1. The number of rotatable bonds is 9. The monoisotopic (exact) mass is 450 g/mol. The number of benzene rings is 1. The van der Waals surface area contributed by atoms with E-state index in [1.165, 1.54) is 0 Å². The minimum absolute atomic E-state index is 0.0603. The quantitative estimate of drug-likeness (QED) is 0.496. The zero-order valence-electron chi connectivity index (χ0n) is 17.4. The Morgan fingerprint density at radius 3 is 2.84 bits per heavy atom. The van der Waals surface area contributed by atoms with Crippen molar-refractivity contribution in [2.24, 2.45) is 0 Å². The first-order chi connectivity index (χ1) is 15.2. The molecule has 1 unspecified atom stereocenters. The van der Waals surface area contributed by atoms with Crippen LogP contribution in [0.5, 0.6) is 5.75 Å². The molecule has 0 saturated carbocycles. The molecule has 1 aliphatic heterocycles. The van der Waals surface area contributed by atoms with Crippen molar-refractivity contribution in [3.63, 3.8) is 0 Å². The summed E-state index contributed by atoms with van der Waals surface area (Å²) in [6.07, 6.45) is -2.44. The number of alkyl halides is 3. The van der Waals surface area contributed by atoms with Gasteiger partial charge in [-0.3, -0.25) is 4.79 Å². The number of aliphatic carboxylic acids is 1. The number of fused-ring (bicyclic) bond motifs is 1. The summed E-state index contributed by atoms with van der Waals surface area (Å²) in [5.74, 6) is 0.167. The Hall–Kier alpha value is -3.43. The van der Waals surface area contributed by atoms with Crippen LogP contribution < -0.4 is 15.4 Å². The van der Waals surface area contributed by atoms with Gasteiger partial charge in [0.1, 0.15) is 18.1 Å². The van der Waals surface area contributed by atoms with Crippen LogP contribution in [0.2, 0.25) is 0 Å². The molecule has 10 heteroatoms. The molecule has 1 aromatic carbocycles. The highest BCUT2D eigenvalue weighted by Gasteiger charge is 2.35. The number of hydrogen-bond acceptors (Lipinski definition) is 6. The molecule has 0 aliphatic carbocycles. The smallest absolute Gasteiger partial charge is 0.405 e. The van der Waals surface area contributed by atoms with Crippen molar-refractivity contribution < 1.29 is 27.8 Å². The van der Waals surface area contributed by atoms with Gasteiger partial charge in [-0.2, -0.15) is 13.2 Å². The molecule has 1 aliphatic rings. The molecule has 172 valence electrons. The lowest BCUT2D eigenvalue weighted by molar-refractivity contribution is -0.143. The van der Waals surface area contributed by atoms with E-state index in [4.69, 9.17) is 9.84 Å². The van der Waals surface area contributed by atoms with E-state index in [1.807, 2.05) is 18.2 Å². The van der Waals surface area contributed by atoms with Gasteiger partial charge in [0.15, 0.2) is 0 Å². The van der Waals surface area contributed by atoms with E-state index in [0.717, 1.165) is 10.7 Å². The van der Waals surface area contributed by atoms with E-state index >= 15 is 0 Å². The van der Waals surface area contributed by atoms with Gasteiger partial charge in [0, 0.05) is 30.7 Å². The minimum atomic E-state index is -4.45. The summed E-state index contributed by atoms with van der Waals surface area (Å²) in [6, 6.07) is 9.80. The van der Waals surface area contributed by atoms with Crippen LogP contribution in [-0.2, 0) is 11.3 Å². The first-order valence-corrected chi connectivity index (χ1v) is 10.1. The summed E-state index contributed by atoms with van der Waals surface area (Å²) in [4.78, 5) is 16.4. The Balaban J connectivity index is 1.65. The number of halogens is 3. The zero-order valence-corrected chi connectivity index (χ0v) is 17.4. The number of anilines is 2. The van der Waals surface area contributed by atoms with Crippen LogP contribution in [-0.4, -0.2) is 52.9 Å². The molecule has 0 amide bonds. The van der Waals surface area contributed by atoms with Gasteiger partial charge in [-0.15, -0.1) is 0 Å². The van der Waals surface area contributed by atoms with Crippen molar-refractivity contribution in [3.8, 4) is 5.75 Å². The van der Waals surface area contributed by atoms with Crippen LogP contribution in [0.4, 0.5) is 24.7 Å². The topological polar surface area (TPSA) is 86.7 Å². The number of hydrogen-bond donors (Lipinski definition) is 3. The highest BCUT2D eigenvalue weighted by Crippen LogP contribution is 2.32. The van der Waals surface area contributed by atoms with E-state index in [0.29, 0.717) is 36.6 Å². The normalized spacial score (nSPS) is 16.0. The molecule has 0 saturated heterocycles. The number of carbonyl (C=O) groups is 1. The molecule has 1 atom stereocenters. The minimum Gasteiger partial charge on any atom is -0.494 e. The third kappa shape index (κ3) is 6.79. The molecule has 1 aromatic heterocycles. The number of ether oxygens (including phenoxy) is 1. The van der Waals surface area contributed by atoms with E-state index < -0.39 is 24.7 Å². The third-order valence-electron chi connectivity index (χ3n) is 4.89. The molecule has 32 heavy (non-hydrogen) atoms. The molecule has 3 rings (SSSR count). The van der Waals surface area contributed by atoms with Gasteiger partial charge in [0.2, 0.25) is 0 Å². The maximum atomic E-state index is 13.1. The zero-order chi connectivity index (χ0) is 23.1. The fourth-order valence-corrected chi connectivity index (χ4v) is 3.39. The second kappa shape index (κ2) is 10.3. The fourth-order valence-electron chi connectivity index (χ4n) is 3.39. The molecule has 2 heterocycles. The largest absolute Gasteiger partial charge is 0.494 e. The van der Waals surface area contributed by atoms with Crippen molar-refractivity contribution in [2.75, 3.05) is 30.3 Å². The fraction of sp³-hybridized carbons (Fsp3) is 0.364. The van der Waals surface area contributed by atoms with Crippen molar-refractivity contribution >= 4 is 17.5 Å². The Morgan fingerprint density at radius 2 is 2.16 bits per heavy atom. The van der Waals surface area contributed by atoms with Gasteiger partial charge in [-0.25, -0.2) is 4.98 Å². The molecule has 0 spiro atoms. The first kappa shape index (κ1) is 23.2. The van der Waals surface area contributed by atoms with Crippen LogP contribution in [0.25, 0.3) is 0 Å². The van der Waals surface area contributed by atoms with Crippen molar-refractivity contribution in [2.45, 2.75) is 31.6 Å². The number of nitrogens with one attached hydrogen (secondary N) is 2. The predicted octanol–water partition coefficient (Wildman–Crippen LogP) is 4.11. The SMILES string of the molecule is C=C1C(CC(=O)O)Nc2ccc(OCCCNc3ccccn3)cc2CN1CC(F)(F)F. The van der Waals surface area contributed by atoms with Crippen LogP contribution in [0.15, 0.2) is 54.9 Å². The highest BCUT2D eigenvalue weighted by molar-refractivity contribution is 5.70. The Kier molecular flexibility index (Phi) is 7.45. The van der Waals surface area contributed by atoms with Gasteiger partial charge in [0.05, 0.1) is 19.1 Å². The number of carboxylic acid groups (broad SMARTS) is 1. The highest BCUT2D eigenvalue weighted by atomic mass is 19.4. The van der Waals surface area contributed by atoms with Crippen molar-refractivity contribution in [1.29, 1.82) is 0 Å². The summed E-state index contributed by atoms with van der Waals surface area (Å²) in [6.45, 7) is 3.52. The number of pyridine rings is 1. The molecular weight excluding hydrogens is 425 g/mol. The lowest BCUT2D eigenvalue weighted by Crippen LogP contribution is -2.37. The molecule has 0 radical (unpaired) electrons. The lowest BCUT2D eigenvalue weighted by atomic mass is 10.1. The summed E-state index contributed by atoms with van der Waals surface area (Å²) in [5, 5.41) is 15.3. The van der Waals surface area contributed by atoms with Crippen LogP contribution in [0.3, 0.4) is 0 Å². The van der Waals surface area contributed by atoms with Crippen LogP contribution in [0, 0.1) is 0 Å². The second-order valence-electron chi connectivity index (χ2n) is 7.42. The Bertz CT molecular complexity index is 938. The van der Waals surface area contributed by atoms with Crippen molar-refractivity contribution in [3.05, 3.63) is 60.4 Å². The van der Waals surface area contributed by atoms with Crippen LogP contribution in [0.1, 0.15) is 18.4 Å². The van der Waals surface area contributed by atoms with Crippen molar-refractivity contribution in [1.82, 2.24) is 9.88 Å². The van der Waals surface area contributed by atoms with E-state index in [9.17, 15) is 18.0 Å². The summed E-state index contributed by atoms with van der Waals surface area (Å²) >= 11 is 0. The third-order valence-corrected chi connectivity index (χ3v) is 4.89. The predicted molar refractivity (Wildman–Crippen MR) is 115 cm³/mol. The molecule has 2 aromatic rings. The Labute approximate surface area is 183 Å². The molecule has 7 nitrogen and oxygen atoms in total.